The number of hydrogen-bond donors (Lipinski definition) is 3. The summed E-state index contributed by atoms with van der Waals surface area (Å²) in [6, 6.07) is 9.48. The van der Waals surface area contributed by atoms with Crippen molar-refractivity contribution < 1.29 is 23.8 Å². The van der Waals surface area contributed by atoms with Gasteiger partial charge in [-0.2, -0.15) is 0 Å². The van der Waals surface area contributed by atoms with Gasteiger partial charge < -0.3 is 20.5 Å². The fourth-order valence-corrected chi connectivity index (χ4v) is 5.19. The number of benzene rings is 2. The van der Waals surface area contributed by atoms with E-state index >= 15 is 0 Å². The van der Waals surface area contributed by atoms with Crippen LogP contribution in [0.5, 0.6) is 5.75 Å². The molecule has 31 heavy (non-hydrogen) atoms. The van der Waals surface area contributed by atoms with Gasteiger partial charge in [0.2, 0.25) is 0 Å². The van der Waals surface area contributed by atoms with Crippen LogP contribution in [-0.4, -0.2) is 34.1 Å². The first-order valence-electron chi connectivity index (χ1n) is 10.2. The molecule has 3 saturated carbocycles. The van der Waals surface area contributed by atoms with Crippen molar-refractivity contribution in [2.24, 2.45) is 0 Å². The van der Waals surface area contributed by atoms with Gasteiger partial charge in [-0.1, -0.05) is 23.2 Å². The number of ether oxygens (including phenoxy) is 1. The predicted molar refractivity (Wildman–Crippen MR) is 112 cm³/mol. The number of carbonyl (C=O) groups is 2. The minimum atomic E-state index is -0.762. The Morgan fingerprint density at radius 1 is 1.13 bits per heavy atom. The molecule has 8 heteroatoms. The van der Waals surface area contributed by atoms with E-state index in [0.717, 1.165) is 11.6 Å². The van der Waals surface area contributed by atoms with E-state index in [2.05, 4.69) is 10.6 Å². The lowest BCUT2D eigenvalue weighted by molar-refractivity contribution is -0.147. The number of hydrogen-bond acceptors (Lipinski definition) is 4. The van der Waals surface area contributed by atoms with Crippen molar-refractivity contribution in [1.29, 1.82) is 0 Å². The van der Waals surface area contributed by atoms with Crippen LogP contribution in [0.4, 0.5) is 4.39 Å². The molecular weight excluding hydrogens is 423 g/mol. The Hall–Kier alpha value is -2.64. The number of nitrogens with one attached hydrogen (secondary N) is 2. The van der Waals surface area contributed by atoms with Crippen molar-refractivity contribution in [3.63, 3.8) is 0 Å². The van der Waals surface area contributed by atoms with Crippen LogP contribution in [0.3, 0.4) is 0 Å². The minimum Gasteiger partial charge on any atom is -0.480 e. The molecule has 3 fully saturated rings. The van der Waals surface area contributed by atoms with Gasteiger partial charge in [0.25, 0.3) is 11.8 Å². The lowest BCUT2D eigenvalue weighted by Gasteiger charge is -2.70. The monoisotopic (exact) mass is 444 g/mol. The molecule has 3 aliphatic carbocycles. The predicted octanol–water partition coefficient (Wildman–Crippen LogP) is 3.19. The Labute approximate surface area is 183 Å². The fraction of sp³-hybridized carbons (Fsp3) is 0.391. The Kier molecular flexibility index (Phi) is 4.53. The second kappa shape index (κ2) is 6.93. The summed E-state index contributed by atoms with van der Waals surface area (Å²) in [5.74, 6) is -0.728. The minimum absolute atomic E-state index is 0.0310. The van der Waals surface area contributed by atoms with Gasteiger partial charge in [-0.05, 0) is 56.5 Å². The highest BCUT2D eigenvalue weighted by Gasteiger charge is 2.69. The molecule has 3 N–H and O–H groups in total. The SMILES string of the molecule is Cc1ccc2c(c1)[C@H](O)C[C@H](C(=O)NC13CC(NC(=O)c4ccc(Cl)c(F)c4)(C1)C3)O2. The number of aryl methyl sites for hydroxylation is 1. The zero-order valence-electron chi connectivity index (χ0n) is 16.9. The highest BCUT2D eigenvalue weighted by molar-refractivity contribution is 6.30. The average Bonchev–Trinajstić information content (AvgIpc) is 2.67. The molecule has 4 aliphatic rings. The molecule has 2 aromatic carbocycles. The van der Waals surface area contributed by atoms with Crippen molar-refractivity contribution in [2.45, 2.75) is 55.9 Å². The molecule has 1 heterocycles. The maximum Gasteiger partial charge on any atom is 0.261 e. The molecule has 0 radical (unpaired) electrons. The maximum atomic E-state index is 13.6. The van der Waals surface area contributed by atoms with E-state index in [4.69, 9.17) is 16.3 Å². The summed E-state index contributed by atoms with van der Waals surface area (Å²) in [4.78, 5) is 25.2. The second-order valence-electron chi connectivity index (χ2n) is 9.06. The van der Waals surface area contributed by atoms with Gasteiger partial charge in [0.1, 0.15) is 11.6 Å². The summed E-state index contributed by atoms with van der Waals surface area (Å²) in [5, 5.41) is 16.4. The lowest BCUT2D eigenvalue weighted by atomic mass is 9.44. The Bertz CT molecular complexity index is 1090. The summed E-state index contributed by atoms with van der Waals surface area (Å²) in [5.41, 5.74) is 1.19. The van der Waals surface area contributed by atoms with E-state index in [1.165, 1.54) is 12.1 Å². The van der Waals surface area contributed by atoms with Crippen LogP contribution in [0.2, 0.25) is 5.02 Å². The van der Waals surface area contributed by atoms with Crippen LogP contribution < -0.4 is 15.4 Å². The Morgan fingerprint density at radius 3 is 2.55 bits per heavy atom. The van der Waals surface area contributed by atoms with Gasteiger partial charge in [-0.25, -0.2) is 4.39 Å². The van der Waals surface area contributed by atoms with Crippen LogP contribution in [0.15, 0.2) is 36.4 Å². The molecule has 2 atom stereocenters. The van der Waals surface area contributed by atoms with E-state index in [1.807, 2.05) is 19.1 Å². The molecule has 2 aromatic rings. The van der Waals surface area contributed by atoms with Gasteiger partial charge in [-0.3, -0.25) is 9.59 Å². The molecule has 162 valence electrons. The molecule has 0 saturated heterocycles. The van der Waals surface area contributed by atoms with Crippen molar-refractivity contribution in [2.75, 3.05) is 0 Å². The zero-order valence-corrected chi connectivity index (χ0v) is 17.6. The third-order valence-electron chi connectivity index (χ3n) is 6.50. The van der Waals surface area contributed by atoms with Crippen molar-refractivity contribution in [3.05, 3.63) is 63.9 Å². The van der Waals surface area contributed by atoms with E-state index in [-0.39, 0.29) is 39.9 Å². The highest BCUT2D eigenvalue weighted by atomic mass is 35.5. The third-order valence-corrected chi connectivity index (χ3v) is 6.81. The summed E-state index contributed by atoms with van der Waals surface area (Å²) in [7, 11) is 0. The second-order valence-corrected chi connectivity index (χ2v) is 9.47. The summed E-state index contributed by atoms with van der Waals surface area (Å²) >= 11 is 5.67. The van der Waals surface area contributed by atoms with Crippen LogP contribution in [0.25, 0.3) is 0 Å². The molecule has 0 unspecified atom stereocenters. The number of fused-ring (bicyclic) bond motifs is 1. The van der Waals surface area contributed by atoms with Crippen LogP contribution in [0, 0.1) is 12.7 Å². The molecular formula is C23H22ClFN2O4. The summed E-state index contributed by atoms with van der Waals surface area (Å²) in [6.07, 6.45) is 0.512. The number of aliphatic hydroxyl groups excluding tert-OH is 1. The summed E-state index contributed by atoms with van der Waals surface area (Å²) < 4.78 is 19.4. The fourth-order valence-electron chi connectivity index (χ4n) is 5.07. The number of rotatable bonds is 4. The van der Waals surface area contributed by atoms with Crippen LogP contribution >= 0.6 is 11.6 Å². The van der Waals surface area contributed by atoms with E-state index < -0.39 is 18.0 Å². The first-order chi connectivity index (χ1) is 14.7. The van der Waals surface area contributed by atoms with E-state index in [1.54, 1.807) is 6.07 Å². The number of carbonyl (C=O) groups excluding carboxylic acids is 2. The molecule has 0 aromatic heterocycles. The van der Waals surface area contributed by atoms with Crippen molar-refractivity contribution >= 4 is 23.4 Å². The standard InChI is InChI=1S/C23H22ClFN2O4/c1-12-2-5-18-14(6-12)17(28)8-19(31-18)21(30)27-23-9-22(10-23,11-23)26-20(29)13-3-4-15(24)16(25)7-13/h2-7,17,19,28H,8-11H2,1H3,(H,26,29)(H,27,30)/t17-,19-,22?,23?/m1/s1. The smallest absolute Gasteiger partial charge is 0.261 e. The van der Waals surface area contributed by atoms with Gasteiger partial charge in [0.15, 0.2) is 6.10 Å². The summed E-state index contributed by atoms with van der Waals surface area (Å²) in [6.45, 7) is 1.94. The molecule has 1 aliphatic heterocycles. The molecule has 6 nitrogen and oxygen atoms in total. The Balaban J connectivity index is 1.17. The zero-order chi connectivity index (χ0) is 22.0. The van der Waals surface area contributed by atoms with E-state index in [0.29, 0.717) is 30.6 Å². The lowest BCUT2D eigenvalue weighted by Crippen LogP contribution is -2.84. The van der Waals surface area contributed by atoms with E-state index in [9.17, 15) is 19.1 Å². The van der Waals surface area contributed by atoms with Crippen LogP contribution in [0.1, 0.15) is 53.3 Å². The molecule has 6 rings (SSSR count). The molecule has 2 amide bonds. The number of aliphatic hydroxyl groups is 1. The average molecular weight is 445 g/mol. The number of amides is 2. The quantitative estimate of drug-likeness (QED) is 0.675. The van der Waals surface area contributed by atoms with Gasteiger partial charge in [0, 0.05) is 28.6 Å². The Morgan fingerprint density at radius 2 is 1.84 bits per heavy atom. The van der Waals surface area contributed by atoms with Gasteiger partial charge in [-0.15, -0.1) is 0 Å². The third kappa shape index (κ3) is 3.46. The maximum absolute atomic E-state index is 13.6. The van der Waals surface area contributed by atoms with Gasteiger partial charge >= 0.3 is 0 Å². The first-order valence-corrected chi connectivity index (χ1v) is 10.6. The largest absolute Gasteiger partial charge is 0.480 e. The van der Waals surface area contributed by atoms with Crippen molar-refractivity contribution in [1.82, 2.24) is 10.6 Å². The molecule has 0 spiro atoms. The highest BCUT2D eigenvalue weighted by Crippen LogP contribution is 2.60. The van der Waals surface area contributed by atoms with Gasteiger partial charge in [0.05, 0.1) is 11.1 Å². The van der Waals surface area contributed by atoms with Crippen molar-refractivity contribution in [3.8, 4) is 5.75 Å². The molecule has 2 bridgehead atoms. The first kappa shape index (κ1) is 20.3. The normalized spacial score (nSPS) is 30.2. The van der Waals surface area contributed by atoms with Crippen LogP contribution in [-0.2, 0) is 4.79 Å². The topological polar surface area (TPSA) is 87.7 Å². The number of halogens is 2.